The van der Waals surface area contributed by atoms with E-state index in [1.807, 2.05) is 30.3 Å². The van der Waals surface area contributed by atoms with Crippen LogP contribution in [-0.4, -0.2) is 26.6 Å². The first kappa shape index (κ1) is 20.6. The molecule has 0 saturated carbocycles. The number of aromatic nitrogens is 3. The second kappa shape index (κ2) is 8.97. The number of benzene rings is 2. The summed E-state index contributed by atoms with van der Waals surface area (Å²) >= 11 is 6.22. The number of fused-ring (bicyclic) bond motifs is 1. The quantitative estimate of drug-likeness (QED) is 0.460. The van der Waals surface area contributed by atoms with Gasteiger partial charge < -0.3 is 10.6 Å². The van der Waals surface area contributed by atoms with Gasteiger partial charge in [-0.3, -0.25) is 9.59 Å². The number of nitrogens with zero attached hydrogens (tertiary/aromatic N) is 3. The zero-order chi connectivity index (χ0) is 21.8. The summed E-state index contributed by atoms with van der Waals surface area (Å²) in [5, 5.41) is 11.1. The van der Waals surface area contributed by atoms with Crippen molar-refractivity contribution in [3.05, 3.63) is 83.1 Å². The van der Waals surface area contributed by atoms with Gasteiger partial charge in [0.25, 0.3) is 5.91 Å². The Bertz CT molecular complexity index is 1250. The normalized spacial score (nSPS) is 10.8. The SMILES string of the molecule is CCC(=O)Nc1ccc(Cl)c(NC(=O)c2cnc3c(cnn3Cc3ccccc3)c2)c1. The molecule has 0 bridgehead atoms. The van der Waals surface area contributed by atoms with Crippen molar-refractivity contribution in [3.8, 4) is 0 Å². The largest absolute Gasteiger partial charge is 0.326 e. The molecule has 0 aliphatic rings. The monoisotopic (exact) mass is 433 g/mol. The van der Waals surface area contributed by atoms with Crippen LogP contribution in [0.4, 0.5) is 11.4 Å². The third kappa shape index (κ3) is 4.73. The summed E-state index contributed by atoms with van der Waals surface area (Å²) in [5.74, 6) is -0.479. The number of nitrogens with one attached hydrogen (secondary N) is 2. The van der Waals surface area contributed by atoms with Gasteiger partial charge in [0.1, 0.15) is 0 Å². The van der Waals surface area contributed by atoms with Crippen molar-refractivity contribution >= 4 is 45.8 Å². The zero-order valence-electron chi connectivity index (χ0n) is 16.8. The maximum atomic E-state index is 12.8. The van der Waals surface area contributed by atoms with Crippen LogP contribution in [0.1, 0.15) is 29.3 Å². The fourth-order valence-electron chi connectivity index (χ4n) is 3.11. The van der Waals surface area contributed by atoms with E-state index in [4.69, 9.17) is 11.6 Å². The number of pyridine rings is 1. The lowest BCUT2D eigenvalue weighted by molar-refractivity contribution is -0.115. The van der Waals surface area contributed by atoms with Gasteiger partial charge in [-0.1, -0.05) is 48.9 Å². The molecule has 2 amide bonds. The Morgan fingerprint density at radius 1 is 1.03 bits per heavy atom. The molecule has 0 spiro atoms. The highest BCUT2D eigenvalue weighted by atomic mass is 35.5. The van der Waals surface area contributed by atoms with Gasteiger partial charge in [-0.15, -0.1) is 0 Å². The number of anilines is 2. The Balaban J connectivity index is 1.53. The summed E-state index contributed by atoms with van der Waals surface area (Å²) < 4.78 is 1.79. The van der Waals surface area contributed by atoms with E-state index in [2.05, 4.69) is 20.7 Å². The first-order valence-electron chi connectivity index (χ1n) is 9.79. The van der Waals surface area contributed by atoms with Gasteiger partial charge in [-0.25, -0.2) is 9.67 Å². The maximum absolute atomic E-state index is 12.8. The molecule has 0 fully saturated rings. The molecular formula is C23H20ClN5O2. The number of halogens is 1. The average Bonchev–Trinajstić information content (AvgIpc) is 3.18. The molecule has 0 radical (unpaired) electrons. The molecule has 4 rings (SSSR count). The van der Waals surface area contributed by atoms with Gasteiger partial charge in [0.2, 0.25) is 5.91 Å². The first-order chi connectivity index (χ1) is 15.0. The Labute approximate surface area is 184 Å². The Kier molecular flexibility index (Phi) is 5.95. The number of carbonyl (C=O) groups is 2. The van der Waals surface area contributed by atoms with Crippen molar-refractivity contribution in [1.82, 2.24) is 14.8 Å². The molecule has 0 unspecified atom stereocenters. The molecular weight excluding hydrogens is 414 g/mol. The van der Waals surface area contributed by atoms with Crippen molar-refractivity contribution in [2.24, 2.45) is 0 Å². The maximum Gasteiger partial charge on any atom is 0.257 e. The molecule has 156 valence electrons. The highest BCUT2D eigenvalue weighted by molar-refractivity contribution is 6.34. The minimum Gasteiger partial charge on any atom is -0.326 e. The molecule has 31 heavy (non-hydrogen) atoms. The molecule has 0 aliphatic heterocycles. The van der Waals surface area contributed by atoms with Gasteiger partial charge >= 0.3 is 0 Å². The summed E-state index contributed by atoms with van der Waals surface area (Å²) in [4.78, 5) is 28.8. The van der Waals surface area contributed by atoms with E-state index < -0.39 is 0 Å². The van der Waals surface area contributed by atoms with E-state index in [0.717, 1.165) is 10.9 Å². The zero-order valence-corrected chi connectivity index (χ0v) is 17.6. The van der Waals surface area contributed by atoms with Crippen LogP contribution >= 0.6 is 11.6 Å². The molecule has 4 aromatic rings. The van der Waals surface area contributed by atoms with Crippen molar-refractivity contribution in [1.29, 1.82) is 0 Å². The smallest absolute Gasteiger partial charge is 0.257 e. The summed E-state index contributed by atoms with van der Waals surface area (Å²) in [6, 6.07) is 16.6. The minimum atomic E-state index is -0.355. The van der Waals surface area contributed by atoms with E-state index in [1.54, 1.807) is 42.1 Å². The molecule has 2 N–H and O–H groups in total. The summed E-state index contributed by atoms with van der Waals surface area (Å²) in [7, 11) is 0. The van der Waals surface area contributed by atoms with E-state index in [-0.39, 0.29) is 11.8 Å². The molecule has 0 aliphatic carbocycles. The fraction of sp³-hybridized carbons (Fsp3) is 0.130. The lowest BCUT2D eigenvalue weighted by Gasteiger charge is -2.10. The number of carbonyl (C=O) groups excluding carboxylic acids is 2. The predicted molar refractivity (Wildman–Crippen MR) is 121 cm³/mol. The van der Waals surface area contributed by atoms with E-state index >= 15 is 0 Å². The van der Waals surface area contributed by atoms with E-state index in [9.17, 15) is 9.59 Å². The van der Waals surface area contributed by atoms with Gasteiger partial charge in [0.15, 0.2) is 5.65 Å². The third-order valence-corrected chi connectivity index (χ3v) is 5.06. The highest BCUT2D eigenvalue weighted by Crippen LogP contribution is 2.26. The number of amides is 2. The molecule has 8 heteroatoms. The van der Waals surface area contributed by atoms with Crippen LogP contribution in [0.5, 0.6) is 0 Å². The number of rotatable bonds is 6. The van der Waals surface area contributed by atoms with Crippen molar-refractivity contribution < 1.29 is 9.59 Å². The molecule has 2 aromatic carbocycles. The summed E-state index contributed by atoms with van der Waals surface area (Å²) in [6.45, 7) is 2.35. The summed E-state index contributed by atoms with van der Waals surface area (Å²) in [6.07, 6.45) is 3.56. The van der Waals surface area contributed by atoms with Gasteiger partial charge in [-0.05, 0) is 29.8 Å². The van der Waals surface area contributed by atoms with Crippen LogP contribution < -0.4 is 10.6 Å². The third-order valence-electron chi connectivity index (χ3n) is 4.73. The van der Waals surface area contributed by atoms with Gasteiger partial charge in [0, 0.05) is 23.7 Å². The fourth-order valence-corrected chi connectivity index (χ4v) is 3.28. The van der Waals surface area contributed by atoms with Crippen molar-refractivity contribution in [2.75, 3.05) is 10.6 Å². The molecule has 7 nitrogen and oxygen atoms in total. The lowest BCUT2D eigenvalue weighted by atomic mass is 10.2. The van der Waals surface area contributed by atoms with Crippen molar-refractivity contribution in [3.63, 3.8) is 0 Å². The number of hydrogen-bond donors (Lipinski definition) is 2. The van der Waals surface area contributed by atoms with Crippen LogP contribution in [-0.2, 0) is 11.3 Å². The lowest BCUT2D eigenvalue weighted by Crippen LogP contribution is -2.14. The van der Waals surface area contributed by atoms with Gasteiger partial charge in [-0.2, -0.15) is 5.10 Å². The Hall–Kier alpha value is -3.71. The summed E-state index contributed by atoms with van der Waals surface area (Å²) in [5.41, 5.74) is 3.15. The molecule has 2 aromatic heterocycles. The van der Waals surface area contributed by atoms with Crippen LogP contribution in [0.3, 0.4) is 0 Å². The van der Waals surface area contributed by atoms with Crippen LogP contribution in [0.15, 0.2) is 67.0 Å². The second-order valence-electron chi connectivity index (χ2n) is 6.98. The van der Waals surface area contributed by atoms with E-state index in [0.29, 0.717) is 40.6 Å². The molecule has 2 heterocycles. The van der Waals surface area contributed by atoms with Crippen LogP contribution in [0, 0.1) is 0 Å². The standard InChI is InChI=1S/C23H20ClN5O2/c1-2-21(30)27-18-8-9-19(24)20(11-18)28-23(31)17-10-16-13-26-29(22(16)25-12-17)14-15-6-4-3-5-7-15/h3-13H,2,14H2,1H3,(H,27,30)(H,28,31). The Morgan fingerprint density at radius 3 is 2.61 bits per heavy atom. The Morgan fingerprint density at radius 2 is 1.84 bits per heavy atom. The molecule has 0 atom stereocenters. The highest BCUT2D eigenvalue weighted by Gasteiger charge is 2.13. The first-order valence-corrected chi connectivity index (χ1v) is 10.2. The average molecular weight is 434 g/mol. The van der Waals surface area contributed by atoms with Gasteiger partial charge in [0.05, 0.1) is 29.0 Å². The molecule has 0 saturated heterocycles. The second-order valence-corrected chi connectivity index (χ2v) is 7.38. The van der Waals surface area contributed by atoms with Crippen molar-refractivity contribution in [2.45, 2.75) is 19.9 Å². The number of hydrogen-bond acceptors (Lipinski definition) is 4. The van der Waals surface area contributed by atoms with E-state index in [1.165, 1.54) is 6.20 Å². The topological polar surface area (TPSA) is 88.9 Å². The predicted octanol–water partition coefficient (Wildman–Crippen LogP) is 4.73. The van der Waals surface area contributed by atoms with Crippen LogP contribution in [0.2, 0.25) is 5.02 Å². The van der Waals surface area contributed by atoms with Crippen LogP contribution in [0.25, 0.3) is 11.0 Å². The minimum absolute atomic E-state index is 0.123.